The molecule has 1 aromatic heterocycles. The smallest absolute Gasteiger partial charge is 0.180 e. The van der Waals surface area contributed by atoms with Crippen LogP contribution in [-0.2, 0) is 11.2 Å². The van der Waals surface area contributed by atoms with Crippen LogP contribution in [0.15, 0.2) is 0 Å². The minimum atomic E-state index is 0.0205. The summed E-state index contributed by atoms with van der Waals surface area (Å²) in [5.74, 6) is 1.63. The zero-order valence-electron chi connectivity index (χ0n) is 9.93. The van der Waals surface area contributed by atoms with Crippen molar-refractivity contribution in [3.63, 3.8) is 0 Å². The topological polar surface area (TPSA) is 80.1 Å². The van der Waals surface area contributed by atoms with Crippen LogP contribution in [0.4, 0.5) is 0 Å². The van der Waals surface area contributed by atoms with Gasteiger partial charge in [0.25, 0.3) is 0 Å². The third kappa shape index (κ3) is 2.20. The van der Waals surface area contributed by atoms with E-state index in [1.807, 2.05) is 0 Å². The minimum absolute atomic E-state index is 0.0205. The van der Waals surface area contributed by atoms with Gasteiger partial charge in [-0.25, -0.2) is 4.98 Å². The van der Waals surface area contributed by atoms with Crippen molar-refractivity contribution in [3.05, 3.63) is 11.6 Å². The summed E-state index contributed by atoms with van der Waals surface area (Å²) in [5.41, 5.74) is 5.49. The summed E-state index contributed by atoms with van der Waals surface area (Å²) in [5, 5.41) is 7.15. The van der Waals surface area contributed by atoms with Crippen molar-refractivity contribution in [2.45, 2.75) is 31.4 Å². The lowest BCUT2D eigenvalue weighted by atomic mass is 10.2. The molecule has 0 amide bonds. The molecule has 6 heteroatoms. The second-order valence-corrected chi connectivity index (χ2v) is 4.79. The van der Waals surface area contributed by atoms with Crippen LogP contribution in [-0.4, -0.2) is 52.4 Å². The average Bonchev–Trinajstić information content (AvgIpc) is 2.96. The van der Waals surface area contributed by atoms with Crippen LogP contribution in [0.2, 0.25) is 0 Å². The number of H-pyrrole nitrogens is 1. The maximum atomic E-state index is 5.85. The monoisotopic (exact) mass is 237 g/mol. The van der Waals surface area contributed by atoms with Crippen LogP contribution in [0.3, 0.4) is 0 Å². The average molecular weight is 237 g/mol. The summed E-state index contributed by atoms with van der Waals surface area (Å²) in [6.45, 7) is 3.51. The molecule has 0 radical (unpaired) electrons. The molecule has 0 aromatic carbocycles. The standard InChI is InChI=1S/C11H19N5O/c12-4-3-10-13-11(15-14-10)9-6-16-5-1-2-8(16)7-17-9/h8-9H,1-7,12H2,(H,13,14,15). The van der Waals surface area contributed by atoms with E-state index in [-0.39, 0.29) is 6.10 Å². The second-order valence-electron chi connectivity index (χ2n) is 4.79. The first-order valence-electron chi connectivity index (χ1n) is 6.33. The number of aromatic amines is 1. The highest BCUT2D eigenvalue weighted by molar-refractivity contribution is 4.99. The van der Waals surface area contributed by atoms with E-state index in [1.54, 1.807) is 0 Å². The second kappa shape index (κ2) is 4.72. The number of ether oxygens (including phenoxy) is 1. The SMILES string of the molecule is NCCc1nc(C2CN3CCCC3CO2)n[nH]1. The molecule has 0 saturated carbocycles. The molecular formula is C11H19N5O. The number of hydrogen-bond acceptors (Lipinski definition) is 5. The van der Waals surface area contributed by atoms with Gasteiger partial charge in [-0.15, -0.1) is 0 Å². The van der Waals surface area contributed by atoms with Crippen LogP contribution in [0, 0.1) is 0 Å². The number of nitrogens with two attached hydrogens (primary N) is 1. The normalized spacial score (nSPS) is 29.5. The summed E-state index contributed by atoms with van der Waals surface area (Å²) < 4.78 is 5.85. The van der Waals surface area contributed by atoms with Crippen molar-refractivity contribution < 1.29 is 4.74 Å². The molecule has 6 nitrogen and oxygen atoms in total. The van der Waals surface area contributed by atoms with E-state index in [4.69, 9.17) is 10.5 Å². The Hall–Kier alpha value is -0.980. The molecule has 0 spiro atoms. The van der Waals surface area contributed by atoms with Gasteiger partial charge in [-0.2, -0.15) is 5.10 Å². The van der Waals surface area contributed by atoms with Gasteiger partial charge in [-0.3, -0.25) is 10.00 Å². The Morgan fingerprint density at radius 1 is 1.53 bits per heavy atom. The van der Waals surface area contributed by atoms with Crippen molar-refractivity contribution in [2.24, 2.45) is 5.73 Å². The summed E-state index contributed by atoms with van der Waals surface area (Å²) in [6.07, 6.45) is 3.31. The maximum absolute atomic E-state index is 5.85. The maximum Gasteiger partial charge on any atom is 0.180 e. The molecule has 2 fully saturated rings. The van der Waals surface area contributed by atoms with Gasteiger partial charge in [0.15, 0.2) is 5.82 Å². The highest BCUT2D eigenvalue weighted by Crippen LogP contribution is 2.28. The predicted octanol–water partition coefficient (Wildman–Crippen LogP) is -0.158. The van der Waals surface area contributed by atoms with Crippen molar-refractivity contribution in [1.29, 1.82) is 0 Å². The number of aromatic nitrogens is 3. The van der Waals surface area contributed by atoms with E-state index in [0.717, 1.165) is 31.2 Å². The molecule has 3 N–H and O–H groups in total. The first kappa shape index (κ1) is 11.1. The van der Waals surface area contributed by atoms with Crippen molar-refractivity contribution in [3.8, 4) is 0 Å². The van der Waals surface area contributed by atoms with Crippen molar-refractivity contribution >= 4 is 0 Å². The van der Waals surface area contributed by atoms with Crippen LogP contribution >= 0.6 is 0 Å². The van der Waals surface area contributed by atoms with Crippen LogP contribution < -0.4 is 5.73 Å². The fourth-order valence-electron chi connectivity index (χ4n) is 2.68. The molecule has 2 aliphatic heterocycles. The Morgan fingerprint density at radius 2 is 2.47 bits per heavy atom. The molecule has 2 unspecified atom stereocenters. The summed E-state index contributed by atoms with van der Waals surface area (Å²) in [4.78, 5) is 6.93. The van der Waals surface area contributed by atoms with E-state index in [2.05, 4.69) is 20.1 Å². The lowest BCUT2D eigenvalue weighted by molar-refractivity contribution is -0.0540. The number of fused-ring (bicyclic) bond motifs is 1. The molecule has 17 heavy (non-hydrogen) atoms. The number of hydrogen-bond donors (Lipinski definition) is 2. The molecule has 3 heterocycles. The van der Waals surface area contributed by atoms with E-state index in [0.29, 0.717) is 12.6 Å². The minimum Gasteiger partial charge on any atom is -0.367 e. The molecule has 0 bridgehead atoms. The van der Waals surface area contributed by atoms with Gasteiger partial charge in [-0.05, 0) is 25.9 Å². The van der Waals surface area contributed by atoms with Crippen molar-refractivity contribution in [2.75, 3.05) is 26.2 Å². The number of rotatable bonds is 3. The van der Waals surface area contributed by atoms with Gasteiger partial charge < -0.3 is 10.5 Å². The Labute approximate surface area is 101 Å². The van der Waals surface area contributed by atoms with Crippen molar-refractivity contribution in [1.82, 2.24) is 20.1 Å². The largest absolute Gasteiger partial charge is 0.367 e. The van der Waals surface area contributed by atoms with Gasteiger partial charge in [-0.1, -0.05) is 0 Å². The third-order valence-corrected chi connectivity index (χ3v) is 3.61. The third-order valence-electron chi connectivity index (χ3n) is 3.61. The first-order chi connectivity index (χ1) is 8.36. The van der Waals surface area contributed by atoms with Gasteiger partial charge in [0.1, 0.15) is 11.9 Å². The summed E-state index contributed by atoms with van der Waals surface area (Å²) >= 11 is 0. The molecular weight excluding hydrogens is 218 g/mol. The van der Waals surface area contributed by atoms with E-state index < -0.39 is 0 Å². The first-order valence-corrected chi connectivity index (χ1v) is 6.33. The van der Waals surface area contributed by atoms with Gasteiger partial charge in [0.05, 0.1) is 6.61 Å². The summed E-state index contributed by atoms with van der Waals surface area (Å²) in [7, 11) is 0. The number of nitrogens with zero attached hydrogens (tertiary/aromatic N) is 3. The Kier molecular flexibility index (Phi) is 3.09. The highest BCUT2D eigenvalue weighted by atomic mass is 16.5. The quantitative estimate of drug-likeness (QED) is 0.763. The van der Waals surface area contributed by atoms with E-state index >= 15 is 0 Å². The Bertz CT molecular complexity index is 380. The lowest BCUT2D eigenvalue weighted by Crippen LogP contribution is -2.42. The Balaban J connectivity index is 1.67. The molecule has 3 rings (SSSR count). The number of nitrogens with one attached hydrogen (secondary N) is 1. The molecule has 1 aromatic rings. The number of morpholine rings is 1. The fraction of sp³-hybridized carbons (Fsp3) is 0.818. The van der Waals surface area contributed by atoms with E-state index in [1.165, 1.54) is 19.4 Å². The Morgan fingerprint density at radius 3 is 3.35 bits per heavy atom. The molecule has 2 saturated heterocycles. The molecule has 2 aliphatic rings. The fourth-order valence-corrected chi connectivity index (χ4v) is 2.68. The zero-order valence-corrected chi connectivity index (χ0v) is 9.93. The molecule has 0 aliphatic carbocycles. The predicted molar refractivity (Wildman–Crippen MR) is 62.4 cm³/mol. The summed E-state index contributed by atoms with van der Waals surface area (Å²) in [6, 6.07) is 0.619. The lowest BCUT2D eigenvalue weighted by Gasteiger charge is -2.33. The van der Waals surface area contributed by atoms with Crippen LogP contribution in [0.25, 0.3) is 0 Å². The van der Waals surface area contributed by atoms with Crippen LogP contribution in [0.1, 0.15) is 30.6 Å². The molecule has 94 valence electrons. The highest BCUT2D eigenvalue weighted by Gasteiger charge is 2.34. The van der Waals surface area contributed by atoms with Gasteiger partial charge >= 0.3 is 0 Å². The van der Waals surface area contributed by atoms with Gasteiger partial charge in [0, 0.05) is 19.0 Å². The zero-order chi connectivity index (χ0) is 11.7. The van der Waals surface area contributed by atoms with E-state index in [9.17, 15) is 0 Å². The van der Waals surface area contributed by atoms with Gasteiger partial charge in [0.2, 0.25) is 0 Å². The molecule has 2 atom stereocenters. The van der Waals surface area contributed by atoms with Crippen LogP contribution in [0.5, 0.6) is 0 Å².